The lowest BCUT2D eigenvalue weighted by Crippen LogP contribution is -2.41. The molecule has 2 aromatic rings. The van der Waals surface area contributed by atoms with Crippen LogP contribution >= 0.6 is 11.6 Å². The van der Waals surface area contributed by atoms with Crippen molar-refractivity contribution in [1.29, 1.82) is 0 Å². The average Bonchev–Trinajstić information content (AvgIpc) is 3.23. The summed E-state index contributed by atoms with van der Waals surface area (Å²) in [6.45, 7) is 2.44. The molecule has 4 rings (SSSR count). The number of hydrogen-bond acceptors (Lipinski definition) is 5. The van der Waals surface area contributed by atoms with Crippen LogP contribution in [-0.2, 0) is 11.2 Å². The van der Waals surface area contributed by atoms with Crippen molar-refractivity contribution in [2.75, 3.05) is 6.54 Å². The maximum absolute atomic E-state index is 12.9. The van der Waals surface area contributed by atoms with E-state index in [0.717, 1.165) is 24.2 Å². The molecule has 0 radical (unpaired) electrons. The molecular weight excluding hydrogens is 318 g/mol. The molecule has 6 nitrogen and oxygen atoms in total. The van der Waals surface area contributed by atoms with E-state index in [0.29, 0.717) is 29.7 Å². The summed E-state index contributed by atoms with van der Waals surface area (Å²) in [6, 6.07) is 5.31. The van der Waals surface area contributed by atoms with E-state index in [1.54, 1.807) is 13.0 Å². The zero-order chi connectivity index (χ0) is 16.0. The summed E-state index contributed by atoms with van der Waals surface area (Å²) >= 11 is 6.01. The first-order chi connectivity index (χ1) is 11.1. The van der Waals surface area contributed by atoms with Crippen molar-refractivity contribution in [2.45, 2.75) is 38.3 Å². The van der Waals surface area contributed by atoms with Gasteiger partial charge in [0.1, 0.15) is 5.75 Å². The molecule has 23 heavy (non-hydrogen) atoms. The van der Waals surface area contributed by atoms with Crippen molar-refractivity contribution in [3.8, 4) is 5.75 Å². The second kappa shape index (κ2) is 5.53. The summed E-state index contributed by atoms with van der Waals surface area (Å²) in [5.74, 6) is 1.80. The molecule has 1 saturated heterocycles. The molecule has 0 saturated carbocycles. The monoisotopic (exact) mass is 333 g/mol. The minimum Gasteiger partial charge on any atom is -0.480 e. The molecule has 1 fully saturated rings. The van der Waals surface area contributed by atoms with Crippen molar-refractivity contribution < 1.29 is 14.1 Å². The number of amides is 1. The molecule has 0 N–H and O–H groups in total. The van der Waals surface area contributed by atoms with Gasteiger partial charge in [-0.2, -0.15) is 4.98 Å². The van der Waals surface area contributed by atoms with Crippen LogP contribution in [0.4, 0.5) is 0 Å². The van der Waals surface area contributed by atoms with E-state index < -0.39 is 6.10 Å². The molecule has 1 aromatic carbocycles. The number of halogens is 1. The Morgan fingerprint density at radius 3 is 3.09 bits per heavy atom. The molecule has 2 aliphatic heterocycles. The van der Waals surface area contributed by atoms with Gasteiger partial charge in [0.2, 0.25) is 5.89 Å². The standard InChI is InChI=1S/C16H16ClN3O3/c1-9-18-15(19-23-9)12-3-2-6-20(12)16(21)14-8-10-7-11(17)4-5-13(10)22-14/h4-5,7,12,14H,2-3,6,8H2,1H3. The van der Waals surface area contributed by atoms with Crippen LogP contribution in [0, 0.1) is 6.92 Å². The van der Waals surface area contributed by atoms with Gasteiger partial charge in [-0.15, -0.1) is 0 Å². The zero-order valence-electron chi connectivity index (χ0n) is 12.7. The molecule has 0 bridgehead atoms. The van der Waals surface area contributed by atoms with E-state index in [2.05, 4.69) is 10.1 Å². The predicted octanol–water partition coefficient (Wildman–Crippen LogP) is 2.70. The normalized spacial score (nSPS) is 23.0. The van der Waals surface area contributed by atoms with Gasteiger partial charge < -0.3 is 14.2 Å². The Balaban J connectivity index is 1.53. The fourth-order valence-electron chi connectivity index (χ4n) is 3.29. The van der Waals surface area contributed by atoms with E-state index in [9.17, 15) is 4.79 Å². The lowest BCUT2D eigenvalue weighted by molar-refractivity contribution is -0.139. The highest BCUT2D eigenvalue weighted by molar-refractivity contribution is 6.30. The molecule has 3 heterocycles. The summed E-state index contributed by atoms with van der Waals surface area (Å²) in [7, 11) is 0. The summed E-state index contributed by atoms with van der Waals surface area (Å²) in [6.07, 6.45) is 1.81. The Labute approximate surface area is 138 Å². The highest BCUT2D eigenvalue weighted by Gasteiger charge is 2.39. The Bertz CT molecular complexity index is 761. The lowest BCUT2D eigenvalue weighted by Gasteiger charge is -2.25. The molecule has 1 amide bonds. The van der Waals surface area contributed by atoms with Crippen molar-refractivity contribution in [1.82, 2.24) is 15.0 Å². The zero-order valence-corrected chi connectivity index (χ0v) is 13.4. The fraction of sp³-hybridized carbons (Fsp3) is 0.438. The van der Waals surface area contributed by atoms with Gasteiger partial charge in [-0.3, -0.25) is 4.79 Å². The van der Waals surface area contributed by atoms with E-state index in [1.165, 1.54) is 0 Å². The first-order valence-electron chi connectivity index (χ1n) is 7.67. The third-order valence-corrected chi connectivity index (χ3v) is 4.58. The molecule has 0 spiro atoms. The molecule has 2 atom stereocenters. The smallest absolute Gasteiger partial charge is 0.264 e. The van der Waals surface area contributed by atoms with Gasteiger partial charge in [-0.25, -0.2) is 0 Å². The predicted molar refractivity (Wildman–Crippen MR) is 82.3 cm³/mol. The number of benzene rings is 1. The van der Waals surface area contributed by atoms with Crippen LogP contribution in [-0.4, -0.2) is 33.6 Å². The lowest BCUT2D eigenvalue weighted by atomic mass is 10.1. The van der Waals surface area contributed by atoms with E-state index in [1.807, 2.05) is 17.0 Å². The Hall–Kier alpha value is -2.08. The molecule has 2 unspecified atom stereocenters. The van der Waals surface area contributed by atoms with E-state index >= 15 is 0 Å². The molecule has 0 aliphatic carbocycles. The minimum absolute atomic E-state index is 0.0257. The number of nitrogens with zero attached hydrogens (tertiary/aromatic N) is 3. The van der Waals surface area contributed by atoms with Gasteiger partial charge in [0.25, 0.3) is 5.91 Å². The number of fused-ring (bicyclic) bond motifs is 1. The van der Waals surface area contributed by atoms with Crippen molar-refractivity contribution in [3.05, 3.63) is 40.5 Å². The third kappa shape index (κ3) is 2.57. The Morgan fingerprint density at radius 2 is 2.30 bits per heavy atom. The van der Waals surface area contributed by atoms with Gasteiger partial charge in [0.15, 0.2) is 11.9 Å². The van der Waals surface area contributed by atoms with Gasteiger partial charge in [-0.05, 0) is 36.6 Å². The maximum Gasteiger partial charge on any atom is 0.264 e. The summed E-state index contributed by atoms with van der Waals surface area (Å²) < 4.78 is 10.9. The van der Waals surface area contributed by atoms with Crippen molar-refractivity contribution in [2.24, 2.45) is 0 Å². The first kappa shape index (κ1) is 14.5. The van der Waals surface area contributed by atoms with E-state index in [-0.39, 0.29) is 11.9 Å². The van der Waals surface area contributed by atoms with Gasteiger partial charge in [0.05, 0.1) is 6.04 Å². The van der Waals surface area contributed by atoms with Gasteiger partial charge in [-0.1, -0.05) is 16.8 Å². The van der Waals surface area contributed by atoms with Crippen LogP contribution in [0.3, 0.4) is 0 Å². The second-order valence-corrected chi connectivity index (χ2v) is 6.36. The Morgan fingerprint density at radius 1 is 1.43 bits per heavy atom. The summed E-state index contributed by atoms with van der Waals surface area (Å²) in [5.41, 5.74) is 0.974. The number of ether oxygens (including phenoxy) is 1. The van der Waals surface area contributed by atoms with Crippen LogP contribution in [0.15, 0.2) is 22.7 Å². The first-order valence-corrected chi connectivity index (χ1v) is 8.05. The van der Waals surface area contributed by atoms with Crippen molar-refractivity contribution >= 4 is 17.5 Å². The number of hydrogen-bond donors (Lipinski definition) is 0. The average molecular weight is 334 g/mol. The van der Waals surface area contributed by atoms with Crippen LogP contribution in [0.2, 0.25) is 5.02 Å². The number of carbonyl (C=O) groups is 1. The SMILES string of the molecule is Cc1nc(C2CCCN2C(=O)C2Cc3cc(Cl)ccc3O2)no1. The van der Waals surface area contributed by atoms with Crippen LogP contribution in [0.25, 0.3) is 0 Å². The number of aromatic nitrogens is 2. The minimum atomic E-state index is -0.503. The van der Waals surface area contributed by atoms with Crippen molar-refractivity contribution in [3.63, 3.8) is 0 Å². The number of rotatable bonds is 2. The summed E-state index contributed by atoms with van der Waals surface area (Å²) in [5, 5.41) is 4.62. The van der Waals surface area contributed by atoms with Gasteiger partial charge >= 0.3 is 0 Å². The highest BCUT2D eigenvalue weighted by atomic mass is 35.5. The quantitative estimate of drug-likeness (QED) is 0.845. The van der Waals surface area contributed by atoms with Gasteiger partial charge in [0, 0.05) is 24.9 Å². The molecule has 120 valence electrons. The largest absolute Gasteiger partial charge is 0.480 e. The molecule has 2 aliphatic rings. The van der Waals surface area contributed by atoms with Crippen LogP contribution < -0.4 is 4.74 Å². The van der Waals surface area contributed by atoms with Crippen LogP contribution in [0.1, 0.15) is 36.2 Å². The fourth-order valence-corrected chi connectivity index (χ4v) is 3.48. The second-order valence-electron chi connectivity index (χ2n) is 5.92. The molecule has 1 aromatic heterocycles. The molecule has 7 heteroatoms. The number of carbonyl (C=O) groups excluding carboxylic acids is 1. The number of aryl methyl sites for hydroxylation is 1. The van der Waals surface area contributed by atoms with E-state index in [4.69, 9.17) is 20.9 Å². The number of likely N-dealkylation sites (tertiary alicyclic amines) is 1. The topological polar surface area (TPSA) is 68.5 Å². The Kier molecular flexibility index (Phi) is 3.49. The summed E-state index contributed by atoms with van der Waals surface area (Å²) in [4.78, 5) is 19.0. The maximum atomic E-state index is 12.9. The molecular formula is C16H16ClN3O3. The third-order valence-electron chi connectivity index (χ3n) is 4.35. The highest BCUT2D eigenvalue weighted by Crippen LogP contribution is 2.35. The van der Waals surface area contributed by atoms with Crippen LogP contribution in [0.5, 0.6) is 5.75 Å².